The van der Waals surface area contributed by atoms with Gasteiger partial charge >= 0.3 is 6.03 Å². The van der Waals surface area contributed by atoms with Gasteiger partial charge in [-0.3, -0.25) is 4.79 Å². The van der Waals surface area contributed by atoms with E-state index in [-0.39, 0.29) is 23.8 Å². The number of rotatable bonds is 3. The first-order valence-electron chi connectivity index (χ1n) is 9.93. The van der Waals surface area contributed by atoms with Crippen LogP contribution in [0.5, 0.6) is 0 Å². The van der Waals surface area contributed by atoms with Crippen LogP contribution < -0.4 is 15.1 Å². The molecule has 2 aromatic carbocycles. The molecule has 0 spiro atoms. The molecule has 29 heavy (non-hydrogen) atoms. The molecule has 1 N–H and O–H groups in total. The van der Waals surface area contributed by atoms with Gasteiger partial charge in [-0.2, -0.15) is 0 Å². The normalized spacial score (nSPS) is 19.6. The maximum Gasteiger partial charge on any atom is 0.317 e. The van der Waals surface area contributed by atoms with Crippen molar-refractivity contribution in [1.82, 2.24) is 10.2 Å². The molecule has 2 heterocycles. The van der Waals surface area contributed by atoms with Crippen molar-refractivity contribution in [1.29, 1.82) is 0 Å². The molecular weight excluding hydrogens is 371 g/mol. The Balaban J connectivity index is 1.31. The third-order valence-electron chi connectivity index (χ3n) is 5.56. The number of nitrogens with zero attached hydrogens (tertiary/aromatic N) is 3. The minimum absolute atomic E-state index is 0.0172. The lowest BCUT2D eigenvalue weighted by atomic mass is 10.2. The highest BCUT2D eigenvalue weighted by Gasteiger charge is 2.33. The summed E-state index contributed by atoms with van der Waals surface area (Å²) in [5, 5.41) is 2.99. The number of para-hydroxylation sites is 1. The van der Waals surface area contributed by atoms with E-state index in [1.165, 1.54) is 6.07 Å². The number of carbonyl (C=O) groups is 2. The van der Waals surface area contributed by atoms with Gasteiger partial charge in [-0.25, -0.2) is 9.18 Å². The summed E-state index contributed by atoms with van der Waals surface area (Å²) in [7, 11) is 0. The first-order chi connectivity index (χ1) is 14.0. The van der Waals surface area contributed by atoms with Crippen molar-refractivity contribution in [3.8, 4) is 0 Å². The van der Waals surface area contributed by atoms with Gasteiger partial charge in [0.1, 0.15) is 5.82 Å². The second-order valence-corrected chi connectivity index (χ2v) is 7.62. The lowest BCUT2D eigenvalue weighted by Gasteiger charge is -2.36. The molecule has 4 rings (SSSR count). The molecule has 0 aliphatic carbocycles. The van der Waals surface area contributed by atoms with Crippen LogP contribution in [-0.4, -0.2) is 55.6 Å². The summed E-state index contributed by atoms with van der Waals surface area (Å²) in [5.74, 6) is -0.227. The molecule has 0 radical (unpaired) electrons. The third-order valence-corrected chi connectivity index (χ3v) is 5.56. The Labute approximate surface area is 169 Å². The van der Waals surface area contributed by atoms with E-state index < -0.39 is 0 Å². The van der Waals surface area contributed by atoms with E-state index in [0.717, 1.165) is 11.3 Å². The van der Waals surface area contributed by atoms with Crippen molar-refractivity contribution in [2.45, 2.75) is 19.4 Å². The van der Waals surface area contributed by atoms with E-state index in [1.54, 1.807) is 21.9 Å². The van der Waals surface area contributed by atoms with E-state index in [9.17, 15) is 14.0 Å². The monoisotopic (exact) mass is 396 g/mol. The molecule has 6 nitrogen and oxygen atoms in total. The van der Waals surface area contributed by atoms with E-state index in [2.05, 4.69) is 5.32 Å². The zero-order valence-corrected chi connectivity index (χ0v) is 16.5. The molecule has 0 unspecified atom stereocenters. The maximum atomic E-state index is 14.0. The van der Waals surface area contributed by atoms with Gasteiger partial charge in [0, 0.05) is 44.8 Å². The fraction of sp³-hybridized carbons (Fsp3) is 0.364. The standard InChI is InChI=1S/C22H25FN4O2/c1-16-6-8-18(9-7-16)27-15-17(14-21(27)28)24-22(29)26-12-10-25(11-13-26)20-5-3-2-4-19(20)23/h2-9,17H,10-15H2,1H3,(H,24,29)/t17-/m0/s1. The molecule has 2 aromatic rings. The van der Waals surface area contributed by atoms with Gasteiger partial charge in [0.05, 0.1) is 11.7 Å². The number of benzene rings is 2. The molecule has 2 saturated heterocycles. The van der Waals surface area contributed by atoms with E-state index in [1.807, 2.05) is 42.2 Å². The fourth-order valence-corrected chi connectivity index (χ4v) is 3.90. The van der Waals surface area contributed by atoms with Crippen molar-refractivity contribution in [2.24, 2.45) is 0 Å². The highest BCUT2D eigenvalue weighted by Crippen LogP contribution is 2.23. The molecule has 0 saturated carbocycles. The van der Waals surface area contributed by atoms with E-state index >= 15 is 0 Å². The Morgan fingerprint density at radius 3 is 2.41 bits per heavy atom. The molecule has 3 amide bonds. The van der Waals surface area contributed by atoms with Crippen LogP contribution in [0.25, 0.3) is 0 Å². The predicted molar refractivity (Wildman–Crippen MR) is 111 cm³/mol. The first-order valence-corrected chi connectivity index (χ1v) is 9.93. The number of aryl methyl sites for hydroxylation is 1. The summed E-state index contributed by atoms with van der Waals surface area (Å²) in [6.07, 6.45) is 0.300. The topological polar surface area (TPSA) is 55.9 Å². The smallest absolute Gasteiger partial charge is 0.317 e. The molecule has 2 aliphatic heterocycles. The average Bonchev–Trinajstić information content (AvgIpc) is 3.09. The second kappa shape index (κ2) is 8.11. The number of amides is 3. The number of hydrogen-bond donors (Lipinski definition) is 1. The van der Waals surface area contributed by atoms with Crippen molar-refractivity contribution in [3.05, 3.63) is 59.9 Å². The van der Waals surface area contributed by atoms with E-state index in [0.29, 0.717) is 44.8 Å². The lowest BCUT2D eigenvalue weighted by molar-refractivity contribution is -0.117. The number of hydrogen-bond acceptors (Lipinski definition) is 3. The Morgan fingerprint density at radius 1 is 1.03 bits per heavy atom. The Hall–Kier alpha value is -3.09. The van der Waals surface area contributed by atoms with Crippen LogP contribution in [0, 0.1) is 12.7 Å². The van der Waals surface area contributed by atoms with Gasteiger partial charge in [-0.05, 0) is 31.2 Å². The summed E-state index contributed by atoms with van der Waals surface area (Å²) in [5.41, 5.74) is 2.57. The van der Waals surface area contributed by atoms with Gasteiger partial charge in [-0.15, -0.1) is 0 Å². The minimum Gasteiger partial charge on any atom is -0.366 e. The largest absolute Gasteiger partial charge is 0.366 e. The first kappa shape index (κ1) is 19.2. The predicted octanol–water partition coefficient (Wildman–Crippen LogP) is 2.77. The second-order valence-electron chi connectivity index (χ2n) is 7.62. The average molecular weight is 396 g/mol. The van der Waals surface area contributed by atoms with Gasteiger partial charge in [0.15, 0.2) is 0 Å². The van der Waals surface area contributed by atoms with Crippen LogP contribution in [0.1, 0.15) is 12.0 Å². The zero-order chi connectivity index (χ0) is 20.4. The molecule has 2 aliphatic rings. The van der Waals surface area contributed by atoms with Crippen LogP contribution in [0.2, 0.25) is 0 Å². The summed E-state index contributed by atoms with van der Waals surface area (Å²) in [6.45, 7) is 4.67. The van der Waals surface area contributed by atoms with Crippen molar-refractivity contribution >= 4 is 23.3 Å². The summed E-state index contributed by atoms with van der Waals surface area (Å²) in [4.78, 5) is 30.4. The van der Waals surface area contributed by atoms with E-state index in [4.69, 9.17) is 0 Å². The number of halogens is 1. The number of piperazine rings is 1. The Bertz CT molecular complexity index is 894. The SMILES string of the molecule is Cc1ccc(N2C[C@@H](NC(=O)N3CCN(c4ccccc4F)CC3)CC2=O)cc1. The van der Waals surface area contributed by atoms with Crippen molar-refractivity contribution in [2.75, 3.05) is 42.5 Å². The van der Waals surface area contributed by atoms with Crippen molar-refractivity contribution in [3.63, 3.8) is 0 Å². The summed E-state index contributed by atoms with van der Waals surface area (Å²) < 4.78 is 14.0. The van der Waals surface area contributed by atoms with Crippen LogP contribution >= 0.6 is 0 Å². The van der Waals surface area contributed by atoms with Crippen LogP contribution in [-0.2, 0) is 4.79 Å². The minimum atomic E-state index is -0.244. The van der Waals surface area contributed by atoms with Gasteiger partial charge in [-0.1, -0.05) is 29.8 Å². The zero-order valence-electron chi connectivity index (χ0n) is 16.5. The Morgan fingerprint density at radius 2 is 1.72 bits per heavy atom. The quantitative estimate of drug-likeness (QED) is 0.868. The number of anilines is 2. The van der Waals surface area contributed by atoms with Crippen molar-refractivity contribution < 1.29 is 14.0 Å². The fourth-order valence-electron chi connectivity index (χ4n) is 3.90. The highest BCUT2D eigenvalue weighted by atomic mass is 19.1. The lowest BCUT2D eigenvalue weighted by Crippen LogP contribution is -2.54. The van der Waals surface area contributed by atoms with Gasteiger partial charge in [0.2, 0.25) is 5.91 Å². The number of carbonyl (C=O) groups excluding carboxylic acids is 2. The Kier molecular flexibility index (Phi) is 5.38. The summed E-state index contributed by atoms with van der Waals surface area (Å²) >= 11 is 0. The molecule has 0 aromatic heterocycles. The van der Waals surface area contributed by atoms with Crippen LogP contribution in [0.3, 0.4) is 0 Å². The maximum absolute atomic E-state index is 14.0. The molecule has 1 atom stereocenters. The molecule has 7 heteroatoms. The van der Waals surface area contributed by atoms with Crippen LogP contribution in [0.15, 0.2) is 48.5 Å². The number of nitrogens with one attached hydrogen (secondary N) is 1. The third kappa shape index (κ3) is 4.18. The molecular formula is C22H25FN4O2. The summed E-state index contributed by atoms with van der Waals surface area (Å²) in [6, 6.07) is 14.1. The molecule has 0 bridgehead atoms. The van der Waals surface area contributed by atoms with Gasteiger partial charge in [0.25, 0.3) is 0 Å². The molecule has 152 valence electrons. The highest BCUT2D eigenvalue weighted by molar-refractivity contribution is 5.96. The van der Waals surface area contributed by atoms with Crippen LogP contribution in [0.4, 0.5) is 20.6 Å². The number of urea groups is 1. The van der Waals surface area contributed by atoms with Gasteiger partial charge < -0.3 is 20.0 Å². The molecule has 2 fully saturated rings.